The summed E-state index contributed by atoms with van der Waals surface area (Å²) in [5.41, 5.74) is 9.12. The molecule has 6 nitrogen and oxygen atoms in total. The SMILES string of the molecule is CCc1ccc(C2C(C#N)=C(N)Oc3cc(OC(=O)COc4c(Cl)c(Cl)c(Cl)c(Cl)c4Cl)ccc32)cc1. The van der Waals surface area contributed by atoms with Gasteiger partial charge in [-0.05, 0) is 23.6 Å². The maximum atomic E-state index is 12.5. The van der Waals surface area contributed by atoms with Crippen LogP contribution in [0.3, 0.4) is 0 Å². The summed E-state index contributed by atoms with van der Waals surface area (Å²) in [7, 11) is 0. The van der Waals surface area contributed by atoms with Crippen LogP contribution in [0.15, 0.2) is 53.9 Å². The Morgan fingerprint density at radius 2 is 1.62 bits per heavy atom. The van der Waals surface area contributed by atoms with Gasteiger partial charge in [-0.2, -0.15) is 5.26 Å². The number of aryl methyl sites for hydroxylation is 1. The van der Waals surface area contributed by atoms with Gasteiger partial charge in [-0.1, -0.05) is 95.3 Å². The van der Waals surface area contributed by atoms with Gasteiger partial charge in [0.15, 0.2) is 12.4 Å². The summed E-state index contributed by atoms with van der Waals surface area (Å²) < 4.78 is 16.5. The topological polar surface area (TPSA) is 94.6 Å². The quantitative estimate of drug-likeness (QED) is 0.135. The van der Waals surface area contributed by atoms with E-state index in [9.17, 15) is 10.1 Å². The highest BCUT2D eigenvalue weighted by molar-refractivity contribution is 6.55. The van der Waals surface area contributed by atoms with E-state index in [4.69, 9.17) is 77.9 Å². The molecule has 3 aromatic rings. The molecule has 0 fully saturated rings. The maximum Gasteiger partial charge on any atom is 0.349 e. The van der Waals surface area contributed by atoms with Crippen LogP contribution < -0.4 is 19.9 Å². The number of nitrogens with zero attached hydrogens (tertiary/aromatic N) is 1. The second-order valence-electron chi connectivity index (χ2n) is 7.88. The highest BCUT2D eigenvalue weighted by Crippen LogP contribution is 2.48. The molecule has 190 valence electrons. The average molecular weight is 599 g/mol. The van der Waals surface area contributed by atoms with E-state index in [-0.39, 0.29) is 42.5 Å². The molecule has 0 amide bonds. The third kappa shape index (κ3) is 5.43. The lowest BCUT2D eigenvalue weighted by molar-refractivity contribution is -0.136. The number of carbonyl (C=O) groups is 1. The maximum absolute atomic E-state index is 12.5. The molecule has 0 spiro atoms. The third-order valence-electron chi connectivity index (χ3n) is 5.65. The minimum atomic E-state index is -0.766. The molecule has 0 saturated heterocycles. The average Bonchev–Trinajstić information content (AvgIpc) is 2.90. The fraction of sp³-hybridized carbons (Fsp3) is 0.154. The summed E-state index contributed by atoms with van der Waals surface area (Å²) in [6, 6.07) is 14.9. The van der Waals surface area contributed by atoms with Crippen LogP contribution in [0.25, 0.3) is 0 Å². The van der Waals surface area contributed by atoms with E-state index in [1.807, 2.05) is 24.3 Å². The monoisotopic (exact) mass is 596 g/mol. The number of fused-ring (bicyclic) bond motifs is 1. The molecule has 1 aliphatic rings. The van der Waals surface area contributed by atoms with E-state index in [0.717, 1.165) is 12.0 Å². The summed E-state index contributed by atoms with van der Waals surface area (Å²) in [5.74, 6) is -0.798. The first-order chi connectivity index (χ1) is 17.7. The van der Waals surface area contributed by atoms with Crippen molar-refractivity contribution >= 4 is 64.0 Å². The van der Waals surface area contributed by atoms with Crippen molar-refractivity contribution in [2.24, 2.45) is 5.73 Å². The predicted molar refractivity (Wildman–Crippen MR) is 144 cm³/mol. The van der Waals surface area contributed by atoms with Crippen LogP contribution in [-0.4, -0.2) is 12.6 Å². The molecule has 37 heavy (non-hydrogen) atoms. The predicted octanol–water partition coefficient (Wildman–Crippen LogP) is 7.72. The molecule has 4 rings (SSSR count). The van der Waals surface area contributed by atoms with Crippen molar-refractivity contribution in [3.63, 3.8) is 0 Å². The van der Waals surface area contributed by atoms with Crippen LogP contribution in [0.4, 0.5) is 0 Å². The Bertz CT molecular complexity index is 1440. The van der Waals surface area contributed by atoms with Gasteiger partial charge in [-0.15, -0.1) is 0 Å². The number of ether oxygens (including phenoxy) is 3. The summed E-state index contributed by atoms with van der Waals surface area (Å²) in [5, 5.41) is 9.40. The Kier molecular flexibility index (Phi) is 8.33. The van der Waals surface area contributed by atoms with Gasteiger partial charge in [-0.25, -0.2) is 4.79 Å². The highest BCUT2D eigenvalue weighted by Gasteiger charge is 2.31. The summed E-state index contributed by atoms with van der Waals surface area (Å²) in [6.07, 6.45) is 0.892. The molecule has 2 N–H and O–H groups in total. The van der Waals surface area contributed by atoms with Crippen molar-refractivity contribution < 1.29 is 19.0 Å². The van der Waals surface area contributed by atoms with Gasteiger partial charge in [0.25, 0.3) is 0 Å². The van der Waals surface area contributed by atoms with Crippen LogP contribution >= 0.6 is 58.0 Å². The normalized spacial score (nSPS) is 14.5. The fourth-order valence-electron chi connectivity index (χ4n) is 3.79. The Morgan fingerprint density at radius 3 is 2.22 bits per heavy atom. The summed E-state index contributed by atoms with van der Waals surface area (Å²) in [6.45, 7) is 1.51. The molecule has 1 unspecified atom stereocenters. The Labute approximate surface area is 238 Å². The number of hydrogen-bond acceptors (Lipinski definition) is 6. The Morgan fingerprint density at radius 1 is 1.00 bits per heavy atom. The van der Waals surface area contributed by atoms with E-state index in [1.165, 1.54) is 11.6 Å². The smallest absolute Gasteiger partial charge is 0.349 e. The number of halogens is 5. The number of rotatable bonds is 6. The fourth-order valence-corrected chi connectivity index (χ4v) is 5.02. The van der Waals surface area contributed by atoms with Crippen molar-refractivity contribution in [1.29, 1.82) is 5.26 Å². The zero-order chi connectivity index (χ0) is 26.9. The number of esters is 1. The van der Waals surface area contributed by atoms with E-state index in [1.54, 1.807) is 12.1 Å². The lowest BCUT2D eigenvalue weighted by Crippen LogP contribution is -2.21. The molecule has 1 aliphatic heterocycles. The second kappa shape index (κ2) is 11.3. The van der Waals surface area contributed by atoms with Gasteiger partial charge >= 0.3 is 5.97 Å². The van der Waals surface area contributed by atoms with Gasteiger partial charge in [0.2, 0.25) is 5.88 Å². The number of nitrogens with two attached hydrogens (primary N) is 1. The molecular weight excluding hydrogens is 582 g/mol. The number of benzene rings is 3. The number of nitriles is 1. The number of allylic oxidation sites excluding steroid dienone is 1. The zero-order valence-corrected chi connectivity index (χ0v) is 22.9. The molecule has 0 bridgehead atoms. The van der Waals surface area contributed by atoms with Crippen molar-refractivity contribution in [3.8, 4) is 23.3 Å². The molecule has 11 heteroatoms. The number of carbonyl (C=O) groups excluding carboxylic acids is 1. The summed E-state index contributed by atoms with van der Waals surface area (Å²) in [4.78, 5) is 12.5. The van der Waals surface area contributed by atoms with Gasteiger partial charge < -0.3 is 19.9 Å². The van der Waals surface area contributed by atoms with E-state index >= 15 is 0 Å². The summed E-state index contributed by atoms with van der Waals surface area (Å²) >= 11 is 30.3. The Balaban J connectivity index is 1.55. The lowest BCUT2D eigenvalue weighted by Gasteiger charge is -2.26. The molecule has 1 heterocycles. The third-order valence-corrected chi connectivity index (χ3v) is 7.89. The Hall–Kier alpha value is -2.79. The standard InChI is InChI=1S/C26H17Cl5N2O4/c1-2-12-3-5-13(6-4-12)19-15-8-7-14(9-17(15)37-26(33)16(19)10-32)36-18(34)11-35-25-23(30)21(28)20(27)22(29)24(25)31/h3-9,19H,2,11,33H2,1H3. The van der Waals surface area contributed by atoms with Gasteiger partial charge in [-0.3, -0.25) is 0 Å². The zero-order valence-electron chi connectivity index (χ0n) is 19.1. The van der Waals surface area contributed by atoms with Crippen molar-refractivity contribution in [3.05, 3.63) is 95.7 Å². The van der Waals surface area contributed by atoms with Crippen LogP contribution in [0.2, 0.25) is 25.1 Å². The number of hydrogen-bond donors (Lipinski definition) is 1. The first-order valence-corrected chi connectivity index (χ1v) is 12.7. The van der Waals surface area contributed by atoms with Crippen LogP contribution in [-0.2, 0) is 11.2 Å². The second-order valence-corrected chi connectivity index (χ2v) is 9.77. The molecule has 0 aliphatic carbocycles. The van der Waals surface area contributed by atoms with Crippen LogP contribution in [0.5, 0.6) is 17.2 Å². The minimum Gasteiger partial charge on any atom is -0.479 e. The molecule has 1 atom stereocenters. The highest BCUT2D eigenvalue weighted by atomic mass is 35.5. The van der Waals surface area contributed by atoms with Crippen LogP contribution in [0.1, 0.15) is 29.5 Å². The van der Waals surface area contributed by atoms with Gasteiger partial charge in [0.1, 0.15) is 33.2 Å². The van der Waals surface area contributed by atoms with E-state index in [2.05, 4.69) is 13.0 Å². The van der Waals surface area contributed by atoms with Crippen molar-refractivity contribution in [2.45, 2.75) is 19.3 Å². The van der Waals surface area contributed by atoms with Gasteiger partial charge in [0, 0.05) is 11.6 Å². The molecular formula is C26H17Cl5N2O4. The minimum absolute atomic E-state index is 0.0212. The molecule has 3 aromatic carbocycles. The molecule has 0 aromatic heterocycles. The van der Waals surface area contributed by atoms with Crippen molar-refractivity contribution in [1.82, 2.24) is 0 Å². The van der Waals surface area contributed by atoms with E-state index < -0.39 is 18.5 Å². The molecule has 0 radical (unpaired) electrons. The van der Waals surface area contributed by atoms with E-state index in [0.29, 0.717) is 16.9 Å². The van der Waals surface area contributed by atoms with Crippen molar-refractivity contribution in [2.75, 3.05) is 6.61 Å². The first kappa shape index (κ1) is 27.3. The first-order valence-electron chi connectivity index (χ1n) is 10.8. The van der Waals surface area contributed by atoms with Crippen LogP contribution in [0, 0.1) is 11.3 Å². The lowest BCUT2D eigenvalue weighted by atomic mass is 9.83. The van der Waals surface area contributed by atoms with Gasteiger partial charge in [0.05, 0.1) is 21.0 Å². The molecule has 0 saturated carbocycles. The largest absolute Gasteiger partial charge is 0.479 e.